The molecule has 0 spiro atoms. The first-order valence-electron chi connectivity index (χ1n) is 9.15. The van der Waals surface area contributed by atoms with Gasteiger partial charge in [-0.3, -0.25) is 0 Å². The summed E-state index contributed by atoms with van der Waals surface area (Å²) >= 11 is 5.49. The summed E-state index contributed by atoms with van der Waals surface area (Å²) < 4.78 is 0. The molecule has 4 aromatic rings. The van der Waals surface area contributed by atoms with Crippen molar-refractivity contribution < 1.29 is 10.0 Å². The highest BCUT2D eigenvalue weighted by Crippen LogP contribution is 2.15. The van der Waals surface area contributed by atoms with Crippen molar-refractivity contribution in [3.8, 4) is 11.3 Å². The van der Waals surface area contributed by atoms with Crippen LogP contribution in [0.1, 0.15) is 11.4 Å². The van der Waals surface area contributed by atoms with Gasteiger partial charge >= 0.3 is 7.12 Å². The van der Waals surface area contributed by atoms with Crippen LogP contribution < -0.4 is 5.46 Å². The minimum Gasteiger partial charge on any atom is -0.423 e. The van der Waals surface area contributed by atoms with Crippen LogP contribution in [0.15, 0.2) is 85.5 Å². The molecule has 0 saturated carbocycles. The number of benzene rings is 2. The molecule has 2 heterocycles. The number of aryl methyl sites for hydroxylation is 2. The number of rotatable bonds is 2. The monoisotopic (exact) mass is 420 g/mol. The van der Waals surface area contributed by atoms with Crippen LogP contribution in [0.25, 0.3) is 11.3 Å². The van der Waals surface area contributed by atoms with Gasteiger partial charge in [0.1, 0.15) is 17.8 Å². The van der Waals surface area contributed by atoms with Gasteiger partial charge in [0.2, 0.25) is 0 Å². The molecule has 2 aromatic carbocycles. The lowest BCUT2D eigenvalue weighted by atomic mass is 9.81. The van der Waals surface area contributed by atoms with Crippen molar-refractivity contribution in [1.29, 1.82) is 0 Å². The fraction of sp³-hybridized carbons (Fsp3) is 0.0909. The molecule has 0 amide bonds. The SMILES string of the molecule is Cc1cc(-c2ccccc2)ncn1.Cc1cc(Cl)ncn1.OB(O)c1ccccc1. The summed E-state index contributed by atoms with van der Waals surface area (Å²) in [4.78, 5) is 15.8. The molecule has 152 valence electrons. The van der Waals surface area contributed by atoms with Gasteiger partial charge in [0.15, 0.2) is 0 Å². The molecule has 0 atom stereocenters. The van der Waals surface area contributed by atoms with Crippen molar-refractivity contribution in [2.24, 2.45) is 0 Å². The highest BCUT2D eigenvalue weighted by Gasteiger charge is 2.07. The third kappa shape index (κ3) is 8.49. The zero-order valence-corrected chi connectivity index (χ0v) is 17.5. The van der Waals surface area contributed by atoms with E-state index in [1.165, 1.54) is 6.33 Å². The lowest BCUT2D eigenvalue weighted by Gasteiger charge is -1.99. The standard InChI is InChI=1S/C11H10N2.C6H7BO2.C5H5ClN2/c1-9-7-11(13-8-12-9)10-5-3-2-4-6-10;8-7(9)6-4-2-1-3-5-6;1-4-2-5(6)8-3-7-4/h2-8H,1H3;1-5,8-9H;2-3H,1H3. The quantitative estimate of drug-likeness (QED) is 0.382. The molecule has 0 fully saturated rings. The van der Waals surface area contributed by atoms with Crippen LogP contribution in [-0.4, -0.2) is 37.1 Å². The van der Waals surface area contributed by atoms with Gasteiger partial charge in [-0.05, 0) is 31.4 Å². The van der Waals surface area contributed by atoms with Crippen molar-refractivity contribution in [2.45, 2.75) is 13.8 Å². The summed E-state index contributed by atoms with van der Waals surface area (Å²) in [5.74, 6) is 0. The van der Waals surface area contributed by atoms with Gasteiger partial charge in [-0.25, -0.2) is 19.9 Å². The van der Waals surface area contributed by atoms with Gasteiger partial charge < -0.3 is 10.0 Å². The number of aromatic nitrogens is 4. The van der Waals surface area contributed by atoms with E-state index in [1.807, 2.05) is 56.3 Å². The second-order valence-electron chi connectivity index (χ2n) is 6.18. The Hall–Kier alpha value is -3.13. The molecule has 0 aliphatic carbocycles. The third-order valence-electron chi connectivity index (χ3n) is 3.74. The van der Waals surface area contributed by atoms with Crippen molar-refractivity contribution in [3.05, 3.63) is 102 Å². The number of halogens is 1. The Labute approximate surface area is 181 Å². The average molecular weight is 421 g/mol. The first-order chi connectivity index (χ1) is 14.5. The number of hydrogen-bond donors (Lipinski definition) is 2. The number of nitrogens with zero attached hydrogens (tertiary/aromatic N) is 4. The summed E-state index contributed by atoms with van der Waals surface area (Å²) in [7, 11) is -1.34. The molecular weight excluding hydrogens is 399 g/mol. The maximum absolute atomic E-state index is 8.58. The Bertz CT molecular complexity index is 1000. The normalized spacial score (nSPS) is 9.50. The van der Waals surface area contributed by atoms with Crippen LogP contribution in [-0.2, 0) is 0 Å². The van der Waals surface area contributed by atoms with E-state index in [2.05, 4.69) is 19.9 Å². The molecule has 30 heavy (non-hydrogen) atoms. The van der Waals surface area contributed by atoms with Gasteiger partial charge in [-0.2, -0.15) is 0 Å². The molecule has 0 aliphatic heterocycles. The molecule has 8 heteroatoms. The molecule has 0 saturated heterocycles. The summed E-state index contributed by atoms with van der Waals surface area (Å²) in [5.41, 5.74) is 4.53. The van der Waals surface area contributed by atoms with E-state index in [-0.39, 0.29) is 0 Å². The summed E-state index contributed by atoms with van der Waals surface area (Å²) in [6, 6.07) is 22.4. The van der Waals surface area contributed by atoms with Crippen LogP contribution in [0, 0.1) is 13.8 Å². The minimum absolute atomic E-state index is 0.498. The molecule has 0 radical (unpaired) electrons. The van der Waals surface area contributed by atoms with Crippen molar-refractivity contribution in [2.75, 3.05) is 0 Å². The molecule has 2 N–H and O–H groups in total. The molecule has 0 unspecified atom stereocenters. The summed E-state index contributed by atoms with van der Waals surface area (Å²) in [5, 5.41) is 17.7. The minimum atomic E-state index is -1.34. The number of hydrogen-bond acceptors (Lipinski definition) is 6. The Morgan fingerprint density at radius 3 is 1.67 bits per heavy atom. The molecule has 0 bridgehead atoms. The zero-order valence-electron chi connectivity index (χ0n) is 16.7. The molecular formula is C22H22BClN4O2. The van der Waals surface area contributed by atoms with Gasteiger partial charge in [-0.1, -0.05) is 72.3 Å². The smallest absolute Gasteiger partial charge is 0.423 e. The maximum Gasteiger partial charge on any atom is 0.488 e. The topological polar surface area (TPSA) is 92.0 Å². The Morgan fingerprint density at radius 2 is 1.23 bits per heavy atom. The van der Waals surface area contributed by atoms with E-state index < -0.39 is 7.12 Å². The predicted octanol–water partition coefficient (Wildman–Crippen LogP) is 3.26. The van der Waals surface area contributed by atoms with E-state index in [0.29, 0.717) is 10.6 Å². The van der Waals surface area contributed by atoms with E-state index in [0.717, 1.165) is 22.6 Å². The summed E-state index contributed by atoms with van der Waals surface area (Å²) in [6.45, 7) is 3.84. The van der Waals surface area contributed by atoms with E-state index in [1.54, 1.807) is 36.7 Å². The van der Waals surface area contributed by atoms with Crippen molar-refractivity contribution >= 4 is 24.2 Å². The van der Waals surface area contributed by atoms with Gasteiger partial charge in [-0.15, -0.1) is 0 Å². The van der Waals surface area contributed by atoms with E-state index in [4.69, 9.17) is 21.6 Å². The predicted molar refractivity (Wildman–Crippen MR) is 120 cm³/mol. The van der Waals surface area contributed by atoms with Crippen LogP contribution in [0.5, 0.6) is 0 Å². The second-order valence-corrected chi connectivity index (χ2v) is 6.56. The molecule has 4 rings (SSSR count). The highest BCUT2D eigenvalue weighted by molar-refractivity contribution is 6.58. The first kappa shape index (κ1) is 23.2. The Balaban J connectivity index is 0.000000167. The average Bonchev–Trinajstić information content (AvgIpc) is 2.76. The third-order valence-corrected chi connectivity index (χ3v) is 3.95. The van der Waals surface area contributed by atoms with Crippen molar-refractivity contribution in [3.63, 3.8) is 0 Å². The Morgan fingerprint density at radius 1 is 0.700 bits per heavy atom. The summed E-state index contributed by atoms with van der Waals surface area (Å²) in [6.07, 6.45) is 3.04. The van der Waals surface area contributed by atoms with Crippen LogP contribution >= 0.6 is 11.6 Å². The first-order valence-corrected chi connectivity index (χ1v) is 9.53. The van der Waals surface area contributed by atoms with Crippen LogP contribution in [0.2, 0.25) is 5.15 Å². The lowest BCUT2D eigenvalue weighted by molar-refractivity contribution is 0.426. The van der Waals surface area contributed by atoms with E-state index >= 15 is 0 Å². The maximum atomic E-state index is 8.58. The highest BCUT2D eigenvalue weighted by atomic mass is 35.5. The Kier molecular flexibility index (Phi) is 9.60. The van der Waals surface area contributed by atoms with Crippen molar-refractivity contribution in [1.82, 2.24) is 19.9 Å². The van der Waals surface area contributed by atoms with Gasteiger partial charge in [0.05, 0.1) is 5.69 Å². The molecule has 6 nitrogen and oxygen atoms in total. The van der Waals surface area contributed by atoms with Crippen LogP contribution in [0.4, 0.5) is 0 Å². The zero-order chi connectivity index (χ0) is 21.8. The fourth-order valence-corrected chi connectivity index (χ4v) is 2.47. The molecule has 0 aliphatic rings. The lowest BCUT2D eigenvalue weighted by Crippen LogP contribution is -2.29. The largest absolute Gasteiger partial charge is 0.488 e. The molecule has 2 aromatic heterocycles. The fourth-order valence-electron chi connectivity index (χ4n) is 2.27. The van der Waals surface area contributed by atoms with Gasteiger partial charge in [0, 0.05) is 17.0 Å². The second kappa shape index (κ2) is 12.4. The van der Waals surface area contributed by atoms with Crippen LogP contribution in [0.3, 0.4) is 0 Å². The van der Waals surface area contributed by atoms with Gasteiger partial charge in [0.25, 0.3) is 0 Å². The van der Waals surface area contributed by atoms with E-state index in [9.17, 15) is 0 Å².